The average molecular weight is 290 g/mol. The molecule has 0 aromatic heterocycles. The summed E-state index contributed by atoms with van der Waals surface area (Å²) in [5.74, 6) is 1.78. The third-order valence-corrected chi connectivity index (χ3v) is 4.18. The summed E-state index contributed by atoms with van der Waals surface area (Å²) in [5, 5.41) is 0. The molecule has 19 heavy (non-hydrogen) atoms. The Morgan fingerprint density at radius 2 is 1.37 bits per heavy atom. The molecule has 0 aliphatic rings. The van der Waals surface area contributed by atoms with Crippen LogP contribution in [0.1, 0.15) is 77.6 Å². The molecule has 1 nitrogen and oxygen atoms in total. The molecule has 1 unspecified atom stereocenters. The van der Waals surface area contributed by atoms with E-state index in [2.05, 4.69) is 25.9 Å². The zero-order valence-corrected chi connectivity index (χ0v) is 14.4. The highest BCUT2D eigenvalue weighted by Crippen LogP contribution is 2.21. The van der Waals surface area contributed by atoms with Crippen molar-refractivity contribution in [3.8, 4) is 0 Å². The van der Waals surface area contributed by atoms with Crippen molar-refractivity contribution < 1.29 is 0 Å². The highest BCUT2D eigenvalue weighted by molar-refractivity contribution is 6.17. The lowest BCUT2D eigenvalue weighted by Crippen LogP contribution is -2.12. The topological polar surface area (TPSA) is 3.24 Å². The third kappa shape index (κ3) is 14.5. The number of hydrogen-bond acceptors (Lipinski definition) is 1. The second-order valence-electron chi connectivity index (χ2n) is 6.20. The van der Waals surface area contributed by atoms with Crippen molar-refractivity contribution in [1.29, 1.82) is 0 Å². The van der Waals surface area contributed by atoms with Crippen molar-refractivity contribution in [1.82, 2.24) is 4.90 Å². The molecule has 0 spiro atoms. The predicted molar refractivity (Wildman–Crippen MR) is 89.2 cm³/mol. The fourth-order valence-corrected chi connectivity index (χ4v) is 2.93. The lowest BCUT2D eigenvalue weighted by molar-refractivity contribution is 0.380. The molecule has 0 aromatic rings. The van der Waals surface area contributed by atoms with Crippen molar-refractivity contribution in [3.05, 3.63) is 0 Å². The molecule has 1 atom stereocenters. The van der Waals surface area contributed by atoms with Gasteiger partial charge in [-0.15, -0.1) is 11.6 Å². The van der Waals surface area contributed by atoms with E-state index in [4.69, 9.17) is 11.6 Å². The van der Waals surface area contributed by atoms with Crippen molar-refractivity contribution in [2.75, 3.05) is 26.5 Å². The Kier molecular flexibility index (Phi) is 14.8. The fraction of sp³-hybridized carbons (Fsp3) is 1.00. The normalized spacial score (nSPS) is 13.1. The number of halogens is 1. The van der Waals surface area contributed by atoms with E-state index in [1.165, 1.54) is 77.2 Å². The molecular formula is C17H36ClN. The van der Waals surface area contributed by atoms with Gasteiger partial charge in [0.05, 0.1) is 0 Å². The van der Waals surface area contributed by atoms with Gasteiger partial charge in [-0.05, 0) is 45.8 Å². The first-order chi connectivity index (χ1) is 9.20. The maximum atomic E-state index is 5.80. The van der Waals surface area contributed by atoms with E-state index in [1.807, 2.05) is 0 Å². The van der Waals surface area contributed by atoms with Gasteiger partial charge in [-0.1, -0.05) is 58.3 Å². The van der Waals surface area contributed by atoms with Crippen molar-refractivity contribution >= 4 is 11.6 Å². The SMILES string of the molecule is CCCC(CCCCl)CCCCCCCCN(C)C. The molecule has 0 rings (SSSR count). The number of nitrogens with zero attached hydrogens (tertiary/aromatic N) is 1. The summed E-state index contributed by atoms with van der Waals surface area (Å²) in [6.45, 7) is 3.55. The molecule has 0 bridgehead atoms. The highest BCUT2D eigenvalue weighted by atomic mass is 35.5. The Morgan fingerprint density at radius 1 is 0.789 bits per heavy atom. The lowest BCUT2D eigenvalue weighted by Gasteiger charge is -2.15. The maximum Gasteiger partial charge on any atom is 0.0223 e. The van der Waals surface area contributed by atoms with Gasteiger partial charge in [0.15, 0.2) is 0 Å². The first-order valence-electron chi connectivity index (χ1n) is 8.41. The average Bonchev–Trinajstić information content (AvgIpc) is 2.38. The van der Waals surface area contributed by atoms with Crippen molar-refractivity contribution in [2.24, 2.45) is 5.92 Å². The molecule has 0 N–H and O–H groups in total. The first kappa shape index (κ1) is 19.2. The minimum absolute atomic E-state index is 0.839. The largest absolute Gasteiger partial charge is 0.309 e. The van der Waals surface area contributed by atoms with E-state index in [9.17, 15) is 0 Å². The summed E-state index contributed by atoms with van der Waals surface area (Å²) in [7, 11) is 4.32. The Balaban J connectivity index is 3.34. The molecular weight excluding hydrogens is 254 g/mol. The van der Waals surface area contributed by atoms with E-state index in [-0.39, 0.29) is 0 Å². The van der Waals surface area contributed by atoms with Crippen LogP contribution in [0.3, 0.4) is 0 Å². The van der Waals surface area contributed by atoms with Gasteiger partial charge in [-0.25, -0.2) is 0 Å². The molecule has 116 valence electrons. The first-order valence-corrected chi connectivity index (χ1v) is 8.94. The van der Waals surface area contributed by atoms with Crippen LogP contribution in [0.4, 0.5) is 0 Å². The molecule has 2 heteroatoms. The highest BCUT2D eigenvalue weighted by Gasteiger charge is 2.06. The van der Waals surface area contributed by atoms with Crippen LogP contribution in [-0.4, -0.2) is 31.4 Å². The second kappa shape index (κ2) is 14.7. The monoisotopic (exact) mass is 289 g/mol. The molecule has 0 heterocycles. The minimum Gasteiger partial charge on any atom is -0.309 e. The Labute approximate surface area is 127 Å². The van der Waals surface area contributed by atoms with Gasteiger partial charge in [0.1, 0.15) is 0 Å². The van der Waals surface area contributed by atoms with Gasteiger partial charge in [0, 0.05) is 5.88 Å². The zero-order chi connectivity index (χ0) is 14.3. The molecule has 0 aliphatic carbocycles. The summed E-state index contributed by atoms with van der Waals surface area (Å²) < 4.78 is 0. The van der Waals surface area contributed by atoms with Crippen LogP contribution in [-0.2, 0) is 0 Å². The van der Waals surface area contributed by atoms with Crippen LogP contribution < -0.4 is 0 Å². The van der Waals surface area contributed by atoms with Crippen LogP contribution in [0.25, 0.3) is 0 Å². The van der Waals surface area contributed by atoms with Gasteiger partial charge in [0.2, 0.25) is 0 Å². The van der Waals surface area contributed by atoms with Gasteiger partial charge < -0.3 is 4.90 Å². The van der Waals surface area contributed by atoms with Crippen LogP contribution in [0, 0.1) is 5.92 Å². The van der Waals surface area contributed by atoms with Crippen molar-refractivity contribution in [3.63, 3.8) is 0 Å². The maximum absolute atomic E-state index is 5.80. The minimum atomic E-state index is 0.839. The predicted octanol–water partition coefficient (Wildman–Crippen LogP) is 5.71. The number of alkyl halides is 1. The fourth-order valence-electron chi connectivity index (χ4n) is 2.78. The molecule has 0 saturated carbocycles. The second-order valence-corrected chi connectivity index (χ2v) is 6.58. The molecule has 0 radical (unpaired) electrons. The van der Waals surface area contributed by atoms with Crippen LogP contribution in [0.15, 0.2) is 0 Å². The number of hydrogen-bond donors (Lipinski definition) is 0. The molecule has 0 aliphatic heterocycles. The Morgan fingerprint density at radius 3 is 1.95 bits per heavy atom. The van der Waals surface area contributed by atoms with Crippen LogP contribution >= 0.6 is 11.6 Å². The molecule has 0 amide bonds. The summed E-state index contributed by atoms with van der Waals surface area (Å²) in [5.41, 5.74) is 0. The van der Waals surface area contributed by atoms with Crippen LogP contribution in [0.5, 0.6) is 0 Å². The van der Waals surface area contributed by atoms with E-state index in [0.717, 1.165) is 11.8 Å². The summed E-state index contributed by atoms with van der Waals surface area (Å²) in [4.78, 5) is 2.28. The van der Waals surface area contributed by atoms with Gasteiger partial charge in [-0.2, -0.15) is 0 Å². The number of rotatable bonds is 14. The van der Waals surface area contributed by atoms with Gasteiger partial charge in [0.25, 0.3) is 0 Å². The summed E-state index contributed by atoms with van der Waals surface area (Å²) >= 11 is 5.80. The molecule has 0 fully saturated rings. The van der Waals surface area contributed by atoms with E-state index < -0.39 is 0 Å². The lowest BCUT2D eigenvalue weighted by atomic mass is 9.92. The van der Waals surface area contributed by atoms with E-state index in [1.54, 1.807) is 0 Å². The third-order valence-electron chi connectivity index (χ3n) is 3.91. The van der Waals surface area contributed by atoms with Gasteiger partial charge >= 0.3 is 0 Å². The number of unbranched alkanes of at least 4 members (excludes halogenated alkanes) is 5. The standard InChI is InChI=1S/C17H36ClN/c1-4-12-17(14-11-15-18)13-9-7-5-6-8-10-16-19(2)3/h17H,4-16H2,1-3H3. The smallest absolute Gasteiger partial charge is 0.0223 e. The van der Waals surface area contributed by atoms with Gasteiger partial charge in [-0.3, -0.25) is 0 Å². The van der Waals surface area contributed by atoms with E-state index in [0.29, 0.717) is 0 Å². The summed E-state index contributed by atoms with van der Waals surface area (Å²) in [6, 6.07) is 0. The summed E-state index contributed by atoms with van der Waals surface area (Å²) in [6.07, 6.45) is 15.2. The van der Waals surface area contributed by atoms with E-state index >= 15 is 0 Å². The molecule has 0 aromatic carbocycles. The quantitative estimate of drug-likeness (QED) is 0.292. The van der Waals surface area contributed by atoms with Crippen LogP contribution in [0.2, 0.25) is 0 Å². The molecule has 0 saturated heterocycles. The Bertz CT molecular complexity index is 171. The zero-order valence-electron chi connectivity index (χ0n) is 13.6. The van der Waals surface area contributed by atoms with Crippen molar-refractivity contribution in [2.45, 2.75) is 77.6 Å². The Hall–Kier alpha value is 0.250.